The minimum Gasteiger partial charge on any atom is -0.466 e. The van der Waals surface area contributed by atoms with Crippen LogP contribution in [0.4, 0.5) is 0 Å². The molecule has 0 aliphatic rings. The lowest BCUT2D eigenvalue weighted by Crippen LogP contribution is -2.27. The van der Waals surface area contributed by atoms with Gasteiger partial charge in [0.2, 0.25) is 0 Å². The van der Waals surface area contributed by atoms with Gasteiger partial charge in [0.1, 0.15) is 6.61 Å². The van der Waals surface area contributed by atoms with Crippen LogP contribution in [0.1, 0.15) is 29.3 Å². The number of hydrogen-bond acceptors (Lipinski definition) is 5. The smallest absolute Gasteiger partial charge is 0.307 e. The lowest BCUT2D eigenvalue weighted by Gasteiger charge is -2.06. The number of aromatic nitrogens is 1. The molecular formula is C14H16N2O4. The number of nitrogens with one attached hydrogen (secondary N) is 1. The van der Waals surface area contributed by atoms with Gasteiger partial charge in [-0.15, -0.1) is 0 Å². The summed E-state index contributed by atoms with van der Waals surface area (Å²) in [6.07, 6.45) is 3.04. The van der Waals surface area contributed by atoms with E-state index in [1.165, 1.54) is 18.5 Å². The highest BCUT2D eigenvalue weighted by Crippen LogP contribution is 2.05. The molecule has 0 fully saturated rings. The highest BCUT2D eigenvalue weighted by Gasteiger charge is 2.10. The first kappa shape index (κ1) is 15.7. The Labute approximate surface area is 117 Å². The van der Waals surface area contributed by atoms with Crippen LogP contribution < -0.4 is 5.32 Å². The molecule has 1 amide bonds. The van der Waals surface area contributed by atoms with Crippen LogP contribution >= 0.6 is 0 Å². The number of ether oxygens (including phenoxy) is 1. The molecule has 1 aromatic heterocycles. The number of aliphatic hydroxyl groups is 1. The summed E-state index contributed by atoms with van der Waals surface area (Å²) in [5.74, 6) is 4.40. The fourth-order valence-electron chi connectivity index (χ4n) is 1.43. The molecule has 0 aromatic carbocycles. The second kappa shape index (κ2) is 8.67. The summed E-state index contributed by atoms with van der Waals surface area (Å²) in [5, 5.41) is 11.3. The van der Waals surface area contributed by atoms with Crippen LogP contribution in [0.5, 0.6) is 0 Å². The van der Waals surface area contributed by atoms with E-state index in [0.29, 0.717) is 17.7 Å². The van der Waals surface area contributed by atoms with Crippen molar-refractivity contribution < 1.29 is 19.4 Å². The summed E-state index contributed by atoms with van der Waals surface area (Å²) >= 11 is 0. The standard InChI is InChI=1S/C14H16N2O4/c1-2-20-13(18)6-8-16-14(19)12-5-7-15-10-11(12)4-3-9-17/h5,7,10,17H,2,6,8-9H2,1H3,(H,16,19). The summed E-state index contributed by atoms with van der Waals surface area (Å²) in [6.45, 7) is 1.93. The van der Waals surface area contributed by atoms with Crippen LogP contribution in [-0.2, 0) is 9.53 Å². The van der Waals surface area contributed by atoms with E-state index >= 15 is 0 Å². The minimum absolute atomic E-state index is 0.113. The van der Waals surface area contributed by atoms with E-state index in [0.717, 1.165) is 0 Å². The quantitative estimate of drug-likeness (QED) is 0.588. The Hall–Kier alpha value is -2.39. The van der Waals surface area contributed by atoms with Gasteiger partial charge in [-0.3, -0.25) is 14.6 Å². The fourth-order valence-corrected chi connectivity index (χ4v) is 1.43. The van der Waals surface area contributed by atoms with E-state index in [-0.39, 0.29) is 31.4 Å². The third kappa shape index (κ3) is 5.08. The molecule has 6 heteroatoms. The third-order valence-corrected chi connectivity index (χ3v) is 2.29. The maximum absolute atomic E-state index is 11.9. The zero-order valence-electron chi connectivity index (χ0n) is 11.2. The first-order valence-corrected chi connectivity index (χ1v) is 6.16. The lowest BCUT2D eigenvalue weighted by atomic mass is 10.1. The summed E-state index contributed by atoms with van der Waals surface area (Å²) in [6, 6.07) is 1.53. The lowest BCUT2D eigenvalue weighted by molar-refractivity contribution is -0.142. The van der Waals surface area contributed by atoms with Crippen molar-refractivity contribution in [3.05, 3.63) is 29.6 Å². The van der Waals surface area contributed by atoms with Gasteiger partial charge in [0.05, 0.1) is 24.2 Å². The van der Waals surface area contributed by atoms with Crippen LogP contribution in [0.3, 0.4) is 0 Å². The molecule has 0 saturated carbocycles. The van der Waals surface area contributed by atoms with Crippen LogP contribution in [-0.4, -0.2) is 41.7 Å². The number of rotatable bonds is 5. The van der Waals surface area contributed by atoms with E-state index in [1.54, 1.807) is 6.92 Å². The van der Waals surface area contributed by atoms with Crippen molar-refractivity contribution >= 4 is 11.9 Å². The maximum Gasteiger partial charge on any atom is 0.307 e. The van der Waals surface area contributed by atoms with Crippen LogP contribution in [0.15, 0.2) is 18.5 Å². The van der Waals surface area contributed by atoms with Crippen LogP contribution in [0.2, 0.25) is 0 Å². The fraction of sp³-hybridized carbons (Fsp3) is 0.357. The predicted octanol–water partition coefficient (Wildman–Crippen LogP) is 0.108. The summed E-state index contributed by atoms with van der Waals surface area (Å²) in [5.41, 5.74) is 0.778. The van der Waals surface area contributed by atoms with Gasteiger partial charge < -0.3 is 15.2 Å². The molecule has 6 nitrogen and oxygen atoms in total. The number of amides is 1. The molecule has 0 aliphatic carbocycles. The normalized spacial score (nSPS) is 9.30. The van der Waals surface area contributed by atoms with E-state index in [4.69, 9.17) is 9.84 Å². The Kier molecular flexibility index (Phi) is 6.79. The van der Waals surface area contributed by atoms with Crippen LogP contribution in [0, 0.1) is 11.8 Å². The molecular weight excluding hydrogens is 260 g/mol. The zero-order valence-corrected chi connectivity index (χ0v) is 11.2. The molecule has 0 bridgehead atoms. The highest BCUT2D eigenvalue weighted by atomic mass is 16.5. The molecule has 0 radical (unpaired) electrons. The van der Waals surface area contributed by atoms with Crippen molar-refractivity contribution in [2.45, 2.75) is 13.3 Å². The second-order valence-electron chi connectivity index (χ2n) is 3.69. The topological polar surface area (TPSA) is 88.5 Å². The van der Waals surface area contributed by atoms with Crippen LogP contribution in [0.25, 0.3) is 0 Å². The molecule has 0 unspecified atom stereocenters. The first-order valence-electron chi connectivity index (χ1n) is 6.16. The second-order valence-corrected chi connectivity index (χ2v) is 3.69. The molecule has 0 spiro atoms. The van der Waals surface area contributed by atoms with Crippen molar-refractivity contribution in [3.63, 3.8) is 0 Å². The van der Waals surface area contributed by atoms with Gasteiger partial charge in [0, 0.05) is 18.9 Å². The summed E-state index contributed by atoms with van der Waals surface area (Å²) < 4.78 is 4.76. The van der Waals surface area contributed by atoms with Crippen molar-refractivity contribution in [1.29, 1.82) is 0 Å². The number of esters is 1. The van der Waals surface area contributed by atoms with Gasteiger partial charge in [-0.1, -0.05) is 11.8 Å². The van der Waals surface area contributed by atoms with E-state index < -0.39 is 0 Å². The summed E-state index contributed by atoms with van der Waals surface area (Å²) in [4.78, 5) is 27.0. The molecule has 0 aliphatic heterocycles. The average molecular weight is 276 g/mol. The van der Waals surface area contributed by atoms with Crippen molar-refractivity contribution in [2.24, 2.45) is 0 Å². The van der Waals surface area contributed by atoms with Crippen molar-refractivity contribution in [2.75, 3.05) is 19.8 Å². The molecule has 20 heavy (non-hydrogen) atoms. The Morgan fingerprint density at radius 2 is 2.30 bits per heavy atom. The number of aliphatic hydroxyl groups excluding tert-OH is 1. The van der Waals surface area contributed by atoms with Crippen molar-refractivity contribution in [1.82, 2.24) is 10.3 Å². The van der Waals surface area contributed by atoms with Gasteiger partial charge in [-0.25, -0.2) is 0 Å². The molecule has 0 atom stereocenters. The van der Waals surface area contributed by atoms with Gasteiger partial charge in [0.25, 0.3) is 5.91 Å². The SMILES string of the molecule is CCOC(=O)CCNC(=O)c1ccncc1C#CCO. The molecule has 1 heterocycles. The van der Waals surface area contributed by atoms with Gasteiger partial charge >= 0.3 is 5.97 Å². The minimum atomic E-state index is -0.358. The molecule has 0 saturated heterocycles. The Balaban J connectivity index is 2.61. The predicted molar refractivity (Wildman–Crippen MR) is 71.8 cm³/mol. The van der Waals surface area contributed by atoms with Gasteiger partial charge in [0.15, 0.2) is 0 Å². The number of nitrogens with zero attached hydrogens (tertiary/aromatic N) is 1. The Morgan fingerprint density at radius 3 is 3.00 bits per heavy atom. The monoisotopic (exact) mass is 276 g/mol. The van der Waals surface area contributed by atoms with E-state index in [9.17, 15) is 9.59 Å². The average Bonchev–Trinajstić information content (AvgIpc) is 2.45. The van der Waals surface area contributed by atoms with E-state index in [1.807, 2.05) is 0 Å². The van der Waals surface area contributed by atoms with Gasteiger partial charge in [-0.05, 0) is 13.0 Å². The van der Waals surface area contributed by atoms with E-state index in [2.05, 4.69) is 22.1 Å². The molecule has 106 valence electrons. The number of carbonyl (C=O) groups excluding carboxylic acids is 2. The van der Waals surface area contributed by atoms with Crippen molar-refractivity contribution in [3.8, 4) is 11.8 Å². The van der Waals surface area contributed by atoms with Gasteiger partial charge in [-0.2, -0.15) is 0 Å². The Morgan fingerprint density at radius 1 is 1.50 bits per heavy atom. The Bertz CT molecular complexity index is 531. The summed E-state index contributed by atoms with van der Waals surface area (Å²) in [7, 11) is 0. The third-order valence-electron chi connectivity index (χ3n) is 2.29. The first-order chi connectivity index (χ1) is 9.69. The molecule has 2 N–H and O–H groups in total. The molecule has 1 aromatic rings. The maximum atomic E-state index is 11.9. The number of pyridine rings is 1. The number of carbonyl (C=O) groups is 2. The largest absolute Gasteiger partial charge is 0.466 e. The highest BCUT2D eigenvalue weighted by molar-refractivity contribution is 5.96. The number of hydrogen-bond donors (Lipinski definition) is 2. The molecule has 1 rings (SSSR count). The zero-order chi connectivity index (χ0) is 14.8.